The van der Waals surface area contributed by atoms with Crippen molar-refractivity contribution >= 4 is 0 Å². The van der Waals surface area contributed by atoms with Crippen LogP contribution in [0.2, 0.25) is 0 Å². The molecule has 0 aromatic carbocycles. The highest BCUT2D eigenvalue weighted by Crippen LogP contribution is 2.46. The summed E-state index contributed by atoms with van der Waals surface area (Å²) in [6.07, 6.45) is -7.22. The normalized spacial score (nSPS) is 26.9. The van der Waals surface area contributed by atoms with E-state index in [-0.39, 0.29) is 5.92 Å². The second-order valence-electron chi connectivity index (χ2n) is 5.49. The number of nitrogens with one attached hydrogen (secondary N) is 1. The lowest BCUT2D eigenvalue weighted by molar-refractivity contribution is -0.296. The van der Waals surface area contributed by atoms with E-state index in [1.54, 1.807) is 0 Å². The Morgan fingerprint density at radius 1 is 1.00 bits per heavy atom. The highest BCUT2D eigenvalue weighted by Gasteiger charge is 2.61. The molecule has 0 aliphatic heterocycles. The second-order valence-corrected chi connectivity index (χ2v) is 5.49. The molecule has 0 heterocycles. The third-order valence-corrected chi connectivity index (χ3v) is 4.35. The number of alkyl halides is 6. The molecule has 1 aliphatic carbocycles. The van der Waals surface area contributed by atoms with Crippen LogP contribution in [0, 0.1) is 17.8 Å². The number of hydrogen-bond acceptors (Lipinski definition) is 1. The van der Waals surface area contributed by atoms with Gasteiger partial charge in [-0.2, -0.15) is 26.3 Å². The van der Waals surface area contributed by atoms with E-state index in [0.29, 0.717) is 25.7 Å². The van der Waals surface area contributed by atoms with Crippen LogP contribution in [0.3, 0.4) is 0 Å². The summed E-state index contributed by atoms with van der Waals surface area (Å²) in [5.74, 6) is -3.95. The average molecular weight is 305 g/mol. The smallest absolute Gasteiger partial charge is 0.316 e. The Morgan fingerprint density at radius 2 is 1.50 bits per heavy atom. The first-order valence-electron chi connectivity index (χ1n) is 6.93. The molecule has 1 N–H and O–H groups in total. The van der Waals surface area contributed by atoms with Crippen LogP contribution in [0.4, 0.5) is 26.3 Å². The highest BCUT2D eigenvalue weighted by molar-refractivity contribution is 4.94. The van der Waals surface area contributed by atoms with Gasteiger partial charge in [-0.1, -0.05) is 32.6 Å². The van der Waals surface area contributed by atoms with Crippen LogP contribution in [-0.4, -0.2) is 25.4 Å². The lowest BCUT2D eigenvalue weighted by atomic mass is 9.70. The predicted octanol–water partition coefficient (Wildman–Crippen LogP) is 4.53. The van der Waals surface area contributed by atoms with E-state index in [1.807, 2.05) is 6.92 Å². The first-order valence-corrected chi connectivity index (χ1v) is 6.93. The zero-order valence-electron chi connectivity index (χ0n) is 11.6. The first-order chi connectivity index (χ1) is 9.12. The molecule has 1 saturated carbocycles. The lowest BCUT2D eigenvalue weighted by Crippen LogP contribution is -2.55. The van der Waals surface area contributed by atoms with Crippen LogP contribution in [0.5, 0.6) is 0 Å². The summed E-state index contributed by atoms with van der Waals surface area (Å²) in [4.78, 5) is 0. The van der Waals surface area contributed by atoms with Crippen molar-refractivity contribution in [2.24, 2.45) is 17.8 Å². The van der Waals surface area contributed by atoms with E-state index < -0.39 is 30.2 Å². The van der Waals surface area contributed by atoms with Gasteiger partial charge in [0.25, 0.3) is 0 Å². The summed E-state index contributed by atoms with van der Waals surface area (Å²) in [6.45, 7) is 1.83. The van der Waals surface area contributed by atoms with Crippen molar-refractivity contribution in [3.8, 4) is 0 Å². The van der Waals surface area contributed by atoms with Gasteiger partial charge in [-0.15, -0.1) is 0 Å². The molecule has 0 amide bonds. The van der Waals surface area contributed by atoms with Gasteiger partial charge < -0.3 is 5.32 Å². The average Bonchev–Trinajstić information content (AvgIpc) is 2.32. The van der Waals surface area contributed by atoms with Crippen molar-refractivity contribution in [3.63, 3.8) is 0 Å². The predicted molar refractivity (Wildman–Crippen MR) is 64.2 cm³/mol. The third-order valence-electron chi connectivity index (χ3n) is 4.35. The van der Waals surface area contributed by atoms with Crippen molar-refractivity contribution in [1.29, 1.82) is 0 Å². The topological polar surface area (TPSA) is 12.0 Å². The Morgan fingerprint density at radius 3 is 1.90 bits per heavy atom. The van der Waals surface area contributed by atoms with Crippen molar-refractivity contribution in [2.75, 3.05) is 7.05 Å². The molecule has 7 heteroatoms. The van der Waals surface area contributed by atoms with E-state index in [2.05, 4.69) is 5.32 Å². The van der Waals surface area contributed by atoms with Gasteiger partial charge in [0.1, 0.15) is 0 Å². The minimum Gasteiger partial charge on any atom is -0.316 e. The Labute approximate surface area is 115 Å². The Balaban J connectivity index is 3.06. The zero-order chi connectivity index (χ0) is 15.6. The quantitative estimate of drug-likeness (QED) is 0.752. The Bertz CT molecular complexity index is 284. The third kappa shape index (κ3) is 4.02. The maximum absolute atomic E-state index is 12.9. The lowest BCUT2D eigenvalue weighted by Gasteiger charge is -2.41. The maximum atomic E-state index is 12.9. The molecule has 0 aromatic heterocycles. The molecule has 120 valence electrons. The van der Waals surface area contributed by atoms with Crippen LogP contribution in [0.15, 0.2) is 0 Å². The van der Waals surface area contributed by atoms with Gasteiger partial charge in [0.05, 0.1) is 0 Å². The van der Waals surface area contributed by atoms with Gasteiger partial charge in [0.15, 0.2) is 5.92 Å². The van der Waals surface area contributed by atoms with Gasteiger partial charge in [-0.25, -0.2) is 0 Å². The largest absolute Gasteiger partial charge is 0.402 e. The van der Waals surface area contributed by atoms with E-state index in [0.717, 1.165) is 6.42 Å². The molecule has 3 unspecified atom stereocenters. The highest BCUT2D eigenvalue weighted by atomic mass is 19.4. The summed E-state index contributed by atoms with van der Waals surface area (Å²) in [5, 5.41) is 2.31. The molecule has 20 heavy (non-hydrogen) atoms. The fourth-order valence-electron chi connectivity index (χ4n) is 3.44. The van der Waals surface area contributed by atoms with Crippen molar-refractivity contribution < 1.29 is 26.3 Å². The van der Waals surface area contributed by atoms with Crippen LogP contribution in [0.1, 0.15) is 39.0 Å². The van der Waals surface area contributed by atoms with E-state index in [1.165, 1.54) is 7.05 Å². The molecule has 0 aromatic rings. The molecule has 0 radical (unpaired) electrons. The van der Waals surface area contributed by atoms with Crippen LogP contribution in [0.25, 0.3) is 0 Å². The summed E-state index contributed by atoms with van der Waals surface area (Å²) >= 11 is 0. The van der Waals surface area contributed by atoms with Gasteiger partial charge in [0, 0.05) is 6.04 Å². The van der Waals surface area contributed by atoms with Crippen LogP contribution in [-0.2, 0) is 0 Å². The van der Waals surface area contributed by atoms with Crippen LogP contribution >= 0.6 is 0 Å². The number of halogens is 6. The number of hydrogen-bond donors (Lipinski definition) is 1. The molecular formula is C13H21F6N. The SMILES string of the molecule is CCC1CCCCC1C(NC)C(C(F)(F)F)C(F)(F)F. The summed E-state index contributed by atoms with van der Waals surface area (Å²) in [7, 11) is 1.19. The van der Waals surface area contributed by atoms with E-state index in [4.69, 9.17) is 0 Å². The molecule has 1 rings (SSSR count). The molecule has 0 saturated heterocycles. The van der Waals surface area contributed by atoms with Gasteiger partial charge in [-0.3, -0.25) is 0 Å². The van der Waals surface area contributed by atoms with Crippen molar-refractivity contribution in [2.45, 2.75) is 57.4 Å². The molecule has 1 nitrogen and oxygen atoms in total. The Kier molecular flexibility index (Phi) is 5.75. The fourth-order valence-corrected chi connectivity index (χ4v) is 3.44. The van der Waals surface area contributed by atoms with Crippen LogP contribution < -0.4 is 5.32 Å². The van der Waals surface area contributed by atoms with Gasteiger partial charge >= 0.3 is 12.4 Å². The van der Waals surface area contributed by atoms with Crippen molar-refractivity contribution in [3.05, 3.63) is 0 Å². The molecular weight excluding hydrogens is 284 g/mol. The summed E-state index contributed by atoms with van der Waals surface area (Å²) < 4.78 is 77.3. The molecule has 0 bridgehead atoms. The molecule has 1 fully saturated rings. The van der Waals surface area contributed by atoms with E-state index in [9.17, 15) is 26.3 Å². The molecule has 3 atom stereocenters. The van der Waals surface area contributed by atoms with Gasteiger partial charge in [0.2, 0.25) is 0 Å². The number of rotatable bonds is 4. The first kappa shape index (κ1) is 17.6. The van der Waals surface area contributed by atoms with E-state index >= 15 is 0 Å². The maximum Gasteiger partial charge on any atom is 0.402 e. The molecule has 0 spiro atoms. The minimum absolute atomic E-state index is 0.0756. The summed E-state index contributed by atoms with van der Waals surface area (Å²) in [6, 6.07) is -1.60. The minimum atomic E-state index is -5.28. The van der Waals surface area contributed by atoms with Crippen molar-refractivity contribution in [1.82, 2.24) is 5.32 Å². The standard InChI is InChI=1S/C13H21F6N/c1-3-8-6-4-5-7-9(8)10(20-2)11(12(14,15)16)13(17,18)19/h8-11,20H,3-7H2,1-2H3. The zero-order valence-corrected chi connectivity index (χ0v) is 11.6. The monoisotopic (exact) mass is 305 g/mol. The fraction of sp³-hybridized carbons (Fsp3) is 1.00. The van der Waals surface area contributed by atoms with Gasteiger partial charge in [-0.05, 0) is 25.3 Å². The Hall–Kier alpha value is -0.460. The second kappa shape index (κ2) is 6.54. The summed E-state index contributed by atoms with van der Waals surface area (Å²) in [5.41, 5.74) is 0. The molecule has 1 aliphatic rings.